The molecule has 3 heterocycles. The standard InChI is InChI=1S/C17H18N6O2/c1-11-2-3-12(8-14(11)16-18-6-7-25-16)21-17(24)22-13-4-5-15-19-10-20-23(15)9-13/h2-3,6-8,10,13H,4-5,9H2,1H3,(H2,21,22,24)/t13-/m0/s1. The molecule has 0 radical (unpaired) electrons. The molecule has 1 aliphatic heterocycles. The van der Waals surface area contributed by atoms with E-state index in [4.69, 9.17) is 4.42 Å². The molecule has 3 aromatic rings. The van der Waals surface area contributed by atoms with Gasteiger partial charge in [0.15, 0.2) is 0 Å². The molecule has 1 atom stereocenters. The maximum absolute atomic E-state index is 12.3. The molecule has 25 heavy (non-hydrogen) atoms. The van der Waals surface area contributed by atoms with Gasteiger partial charge in [0.05, 0.1) is 18.8 Å². The Balaban J connectivity index is 1.42. The number of aromatic nitrogens is 4. The van der Waals surface area contributed by atoms with Crippen LogP contribution < -0.4 is 10.6 Å². The van der Waals surface area contributed by atoms with Gasteiger partial charge in [0.1, 0.15) is 18.4 Å². The van der Waals surface area contributed by atoms with Crippen molar-refractivity contribution in [2.24, 2.45) is 0 Å². The van der Waals surface area contributed by atoms with Crippen molar-refractivity contribution >= 4 is 11.7 Å². The zero-order chi connectivity index (χ0) is 17.2. The predicted molar refractivity (Wildman–Crippen MR) is 91.0 cm³/mol. The summed E-state index contributed by atoms with van der Waals surface area (Å²) in [6, 6.07) is 5.44. The van der Waals surface area contributed by atoms with E-state index in [2.05, 4.69) is 25.7 Å². The average molecular weight is 338 g/mol. The van der Waals surface area contributed by atoms with Crippen LogP contribution in [0.5, 0.6) is 0 Å². The first-order valence-electron chi connectivity index (χ1n) is 8.14. The number of aryl methyl sites for hydroxylation is 2. The summed E-state index contributed by atoms with van der Waals surface area (Å²) in [6.45, 7) is 2.61. The molecule has 0 unspecified atom stereocenters. The van der Waals surface area contributed by atoms with Gasteiger partial charge in [0, 0.05) is 17.7 Å². The quantitative estimate of drug-likeness (QED) is 0.764. The fraction of sp³-hybridized carbons (Fsp3) is 0.294. The summed E-state index contributed by atoms with van der Waals surface area (Å²) < 4.78 is 7.19. The van der Waals surface area contributed by atoms with Crippen molar-refractivity contribution in [1.29, 1.82) is 0 Å². The number of carbonyl (C=O) groups excluding carboxylic acids is 1. The fourth-order valence-corrected chi connectivity index (χ4v) is 2.99. The molecule has 1 aliphatic rings. The third-order valence-corrected chi connectivity index (χ3v) is 4.30. The highest BCUT2D eigenvalue weighted by Crippen LogP contribution is 2.25. The summed E-state index contributed by atoms with van der Waals surface area (Å²) in [5.41, 5.74) is 2.57. The topological polar surface area (TPSA) is 97.9 Å². The molecule has 0 saturated heterocycles. The van der Waals surface area contributed by atoms with Crippen LogP contribution in [0.3, 0.4) is 0 Å². The van der Waals surface area contributed by atoms with Gasteiger partial charge < -0.3 is 15.1 Å². The second-order valence-electron chi connectivity index (χ2n) is 6.06. The lowest BCUT2D eigenvalue weighted by molar-refractivity contribution is 0.243. The molecule has 2 amide bonds. The molecule has 2 N–H and O–H groups in total. The van der Waals surface area contributed by atoms with Gasteiger partial charge in [-0.05, 0) is 31.0 Å². The molecule has 0 aliphatic carbocycles. The van der Waals surface area contributed by atoms with Gasteiger partial charge in [-0.25, -0.2) is 19.4 Å². The van der Waals surface area contributed by atoms with Crippen LogP contribution in [-0.4, -0.2) is 31.8 Å². The number of hydrogen-bond acceptors (Lipinski definition) is 5. The largest absolute Gasteiger partial charge is 0.445 e. The Hall–Kier alpha value is -3.16. The number of amides is 2. The summed E-state index contributed by atoms with van der Waals surface area (Å²) in [4.78, 5) is 20.7. The SMILES string of the molecule is Cc1ccc(NC(=O)N[C@H]2CCc3ncnn3C2)cc1-c1ncco1. The van der Waals surface area contributed by atoms with Crippen LogP contribution in [-0.2, 0) is 13.0 Å². The average Bonchev–Trinajstić information content (AvgIpc) is 3.27. The first-order chi connectivity index (χ1) is 12.2. The highest BCUT2D eigenvalue weighted by atomic mass is 16.3. The van der Waals surface area contributed by atoms with Crippen molar-refractivity contribution in [3.63, 3.8) is 0 Å². The molecular weight excluding hydrogens is 320 g/mol. The molecule has 0 fully saturated rings. The third kappa shape index (κ3) is 3.23. The van der Waals surface area contributed by atoms with E-state index in [1.807, 2.05) is 29.8 Å². The Morgan fingerprint density at radius 3 is 3.12 bits per heavy atom. The zero-order valence-corrected chi connectivity index (χ0v) is 13.8. The molecule has 0 spiro atoms. The van der Waals surface area contributed by atoms with Crippen LogP contribution in [0.15, 0.2) is 41.4 Å². The number of rotatable bonds is 3. The zero-order valence-electron chi connectivity index (χ0n) is 13.8. The lowest BCUT2D eigenvalue weighted by Crippen LogP contribution is -2.43. The lowest BCUT2D eigenvalue weighted by Gasteiger charge is -2.23. The number of carbonyl (C=O) groups is 1. The van der Waals surface area contributed by atoms with Crippen molar-refractivity contribution in [2.45, 2.75) is 32.4 Å². The first-order valence-corrected chi connectivity index (χ1v) is 8.14. The molecule has 2 aromatic heterocycles. The van der Waals surface area contributed by atoms with Crippen molar-refractivity contribution in [1.82, 2.24) is 25.1 Å². The monoisotopic (exact) mass is 338 g/mol. The minimum absolute atomic E-state index is 0.0332. The molecule has 0 bridgehead atoms. The summed E-state index contributed by atoms with van der Waals surface area (Å²) in [5.74, 6) is 1.50. The molecular formula is C17H18N6O2. The Bertz CT molecular complexity index is 886. The summed E-state index contributed by atoms with van der Waals surface area (Å²) in [7, 11) is 0. The summed E-state index contributed by atoms with van der Waals surface area (Å²) >= 11 is 0. The van der Waals surface area contributed by atoms with Gasteiger partial charge in [-0.1, -0.05) is 6.07 Å². The lowest BCUT2D eigenvalue weighted by atomic mass is 10.1. The fourth-order valence-electron chi connectivity index (χ4n) is 2.99. The molecule has 0 saturated carbocycles. The van der Waals surface area contributed by atoms with Crippen molar-refractivity contribution in [2.75, 3.05) is 5.32 Å². The second-order valence-corrected chi connectivity index (χ2v) is 6.06. The maximum atomic E-state index is 12.3. The van der Waals surface area contributed by atoms with Gasteiger partial charge in [-0.2, -0.15) is 5.10 Å². The third-order valence-electron chi connectivity index (χ3n) is 4.30. The van der Waals surface area contributed by atoms with E-state index in [0.717, 1.165) is 29.8 Å². The number of nitrogens with zero attached hydrogens (tertiary/aromatic N) is 4. The predicted octanol–water partition coefficient (Wildman–Crippen LogP) is 2.38. The minimum Gasteiger partial charge on any atom is -0.445 e. The highest BCUT2D eigenvalue weighted by Gasteiger charge is 2.21. The van der Waals surface area contributed by atoms with Crippen LogP contribution in [0.2, 0.25) is 0 Å². The van der Waals surface area contributed by atoms with E-state index >= 15 is 0 Å². The highest BCUT2D eigenvalue weighted by molar-refractivity contribution is 5.90. The normalized spacial score (nSPS) is 16.3. The van der Waals surface area contributed by atoms with E-state index < -0.39 is 0 Å². The number of benzene rings is 1. The van der Waals surface area contributed by atoms with Gasteiger partial charge in [-0.3, -0.25) is 0 Å². The number of hydrogen-bond donors (Lipinski definition) is 2. The molecule has 1 aromatic carbocycles. The van der Waals surface area contributed by atoms with Gasteiger partial charge >= 0.3 is 6.03 Å². The van der Waals surface area contributed by atoms with Gasteiger partial charge in [0.25, 0.3) is 0 Å². The second kappa shape index (κ2) is 6.39. The van der Waals surface area contributed by atoms with Crippen molar-refractivity contribution in [3.05, 3.63) is 48.4 Å². The van der Waals surface area contributed by atoms with E-state index in [0.29, 0.717) is 18.1 Å². The molecule has 4 rings (SSSR count). The summed E-state index contributed by atoms with van der Waals surface area (Å²) in [5, 5.41) is 10.0. The molecule has 128 valence electrons. The van der Waals surface area contributed by atoms with Gasteiger partial charge in [-0.15, -0.1) is 0 Å². The molecule has 8 heteroatoms. The number of anilines is 1. The Kier molecular flexibility index (Phi) is 3.93. The van der Waals surface area contributed by atoms with Crippen LogP contribution in [0, 0.1) is 6.92 Å². The van der Waals surface area contributed by atoms with E-state index in [1.165, 1.54) is 6.26 Å². The van der Waals surface area contributed by atoms with Crippen molar-refractivity contribution < 1.29 is 9.21 Å². The number of oxazole rings is 1. The van der Waals surface area contributed by atoms with E-state index in [-0.39, 0.29) is 12.1 Å². The minimum atomic E-state index is -0.240. The van der Waals surface area contributed by atoms with Crippen LogP contribution >= 0.6 is 0 Å². The van der Waals surface area contributed by atoms with Crippen LogP contribution in [0.4, 0.5) is 10.5 Å². The molecule has 8 nitrogen and oxygen atoms in total. The number of urea groups is 1. The number of fused-ring (bicyclic) bond motifs is 1. The first kappa shape index (κ1) is 15.4. The Morgan fingerprint density at radius 2 is 2.28 bits per heavy atom. The van der Waals surface area contributed by atoms with Crippen LogP contribution in [0.1, 0.15) is 17.8 Å². The summed E-state index contributed by atoms with van der Waals surface area (Å²) in [6.07, 6.45) is 6.34. The number of nitrogens with one attached hydrogen (secondary N) is 2. The van der Waals surface area contributed by atoms with E-state index in [9.17, 15) is 4.79 Å². The van der Waals surface area contributed by atoms with Crippen LogP contribution in [0.25, 0.3) is 11.5 Å². The maximum Gasteiger partial charge on any atom is 0.319 e. The Morgan fingerprint density at radius 1 is 1.36 bits per heavy atom. The van der Waals surface area contributed by atoms with E-state index in [1.54, 1.807) is 12.5 Å². The Labute approximate surface area is 144 Å². The van der Waals surface area contributed by atoms with Crippen molar-refractivity contribution in [3.8, 4) is 11.5 Å². The smallest absolute Gasteiger partial charge is 0.319 e. The van der Waals surface area contributed by atoms with Gasteiger partial charge in [0.2, 0.25) is 5.89 Å².